The Morgan fingerprint density at radius 2 is 1.64 bits per heavy atom. The lowest BCUT2D eigenvalue weighted by Gasteiger charge is -2.13. The van der Waals surface area contributed by atoms with Gasteiger partial charge in [0.25, 0.3) is 5.91 Å². The van der Waals surface area contributed by atoms with Crippen molar-refractivity contribution in [3.05, 3.63) is 52.0 Å². The Balaban J connectivity index is 2.21. The van der Waals surface area contributed by atoms with Gasteiger partial charge in [0.2, 0.25) is 0 Å². The third kappa shape index (κ3) is 6.71. The number of rotatable bonds is 8. The first-order valence-corrected chi connectivity index (χ1v) is 9.28. The van der Waals surface area contributed by atoms with Gasteiger partial charge in [-0.25, -0.2) is 4.79 Å². The number of hydrogen-bond acceptors (Lipinski definition) is 5. The molecule has 0 aliphatic heterocycles. The van der Waals surface area contributed by atoms with E-state index < -0.39 is 5.97 Å². The Morgan fingerprint density at radius 3 is 2.25 bits per heavy atom. The topological polar surface area (TPSA) is 67.9 Å². The van der Waals surface area contributed by atoms with Gasteiger partial charge < -0.3 is 19.7 Å². The third-order valence-corrected chi connectivity index (χ3v) is 4.21. The number of ether oxygens (including phenoxy) is 2. The number of amides is 1. The molecule has 0 atom stereocenters. The van der Waals surface area contributed by atoms with Crippen LogP contribution in [-0.2, 0) is 9.53 Å². The second-order valence-electron chi connectivity index (χ2n) is 6.34. The van der Waals surface area contributed by atoms with Gasteiger partial charge in [0, 0.05) is 23.1 Å². The second kappa shape index (κ2) is 10.3. The average Bonchev–Trinajstić information content (AvgIpc) is 2.64. The van der Waals surface area contributed by atoms with E-state index in [1.165, 1.54) is 13.2 Å². The summed E-state index contributed by atoms with van der Waals surface area (Å²) in [6.07, 6.45) is 0. The SMILES string of the molecule is COC(=O)c1cc(OCC(=O)NCCN(C)C)cc(-c2cc(Cl)cc(Cl)c2)c1. The molecule has 6 nitrogen and oxygen atoms in total. The van der Waals surface area contributed by atoms with E-state index in [4.69, 9.17) is 32.7 Å². The zero-order valence-corrected chi connectivity index (χ0v) is 17.4. The molecule has 0 spiro atoms. The van der Waals surface area contributed by atoms with Crippen LogP contribution in [0.25, 0.3) is 11.1 Å². The summed E-state index contributed by atoms with van der Waals surface area (Å²) in [5, 5.41) is 3.69. The third-order valence-electron chi connectivity index (χ3n) is 3.77. The largest absolute Gasteiger partial charge is 0.484 e. The summed E-state index contributed by atoms with van der Waals surface area (Å²) in [6.45, 7) is 1.07. The number of methoxy groups -OCH3 is 1. The Hall–Kier alpha value is -2.28. The lowest BCUT2D eigenvalue weighted by Crippen LogP contribution is -2.34. The summed E-state index contributed by atoms with van der Waals surface area (Å²) in [5.74, 6) is -0.412. The van der Waals surface area contributed by atoms with Crippen LogP contribution in [0.15, 0.2) is 36.4 Å². The van der Waals surface area contributed by atoms with Crippen molar-refractivity contribution in [3.63, 3.8) is 0 Å². The molecule has 8 heteroatoms. The molecule has 150 valence electrons. The highest BCUT2D eigenvalue weighted by molar-refractivity contribution is 6.35. The van der Waals surface area contributed by atoms with Gasteiger partial charge in [-0.1, -0.05) is 23.2 Å². The number of carbonyl (C=O) groups is 2. The standard InChI is InChI=1S/C20H22Cl2N2O4/c1-24(2)5-4-23-19(25)12-28-18-9-13(6-15(10-18)20(26)27-3)14-7-16(21)11-17(22)8-14/h6-11H,4-5,12H2,1-3H3,(H,23,25). The van der Waals surface area contributed by atoms with Crippen molar-refractivity contribution in [1.29, 1.82) is 0 Å². The molecule has 1 amide bonds. The van der Waals surface area contributed by atoms with E-state index in [1.807, 2.05) is 19.0 Å². The molecule has 0 aliphatic rings. The van der Waals surface area contributed by atoms with Crippen LogP contribution in [0.2, 0.25) is 10.0 Å². The van der Waals surface area contributed by atoms with E-state index >= 15 is 0 Å². The van der Waals surface area contributed by atoms with E-state index in [1.54, 1.807) is 30.3 Å². The van der Waals surface area contributed by atoms with E-state index in [2.05, 4.69) is 5.32 Å². The lowest BCUT2D eigenvalue weighted by atomic mass is 10.0. The van der Waals surface area contributed by atoms with Gasteiger partial charge in [0.1, 0.15) is 5.75 Å². The minimum absolute atomic E-state index is 0.173. The molecule has 2 aromatic rings. The predicted octanol–water partition coefficient (Wildman–Crippen LogP) is 3.50. The Bertz CT molecular complexity index is 836. The summed E-state index contributed by atoms with van der Waals surface area (Å²) < 4.78 is 10.4. The van der Waals surface area contributed by atoms with Crippen molar-refractivity contribution >= 4 is 35.1 Å². The van der Waals surface area contributed by atoms with Crippen LogP contribution >= 0.6 is 23.2 Å². The van der Waals surface area contributed by atoms with Gasteiger partial charge in [-0.05, 0) is 61.6 Å². The Morgan fingerprint density at radius 1 is 1.00 bits per heavy atom. The first-order valence-electron chi connectivity index (χ1n) is 8.52. The molecule has 0 bridgehead atoms. The molecule has 2 aromatic carbocycles. The van der Waals surface area contributed by atoms with E-state index in [9.17, 15) is 9.59 Å². The molecule has 2 rings (SSSR count). The van der Waals surface area contributed by atoms with Crippen molar-refractivity contribution < 1.29 is 19.1 Å². The van der Waals surface area contributed by atoms with E-state index in [-0.39, 0.29) is 12.5 Å². The molecule has 0 aromatic heterocycles. The number of likely N-dealkylation sites (N-methyl/N-ethyl adjacent to an activating group) is 1. The van der Waals surface area contributed by atoms with Crippen LogP contribution < -0.4 is 10.1 Å². The van der Waals surface area contributed by atoms with E-state index in [0.717, 1.165) is 6.54 Å². The smallest absolute Gasteiger partial charge is 0.338 e. The number of esters is 1. The number of carbonyl (C=O) groups excluding carboxylic acids is 2. The monoisotopic (exact) mass is 424 g/mol. The molecular formula is C20H22Cl2N2O4. The van der Waals surface area contributed by atoms with Crippen molar-refractivity contribution in [1.82, 2.24) is 10.2 Å². The number of benzene rings is 2. The maximum atomic E-state index is 12.0. The summed E-state index contributed by atoms with van der Waals surface area (Å²) >= 11 is 12.2. The van der Waals surface area contributed by atoms with Crippen LogP contribution in [0.4, 0.5) is 0 Å². The van der Waals surface area contributed by atoms with Gasteiger partial charge in [0.15, 0.2) is 6.61 Å². The highest BCUT2D eigenvalue weighted by Gasteiger charge is 2.13. The molecule has 0 heterocycles. The van der Waals surface area contributed by atoms with Gasteiger partial charge >= 0.3 is 5.97 Å². The number of hydrogen-bond donors (Lipinski definition) is 1. The van der Waals surface area contributed by atoms with Crippen molar-refractivity contribution in [2.24, 2.45) is 0 Å². The van der Waals surface area contributed by atoms with Gasteiger partial charge in [-0.15, -0.1) is 0 Å². The summed E-state index contributed by atoms with van der Waals surface area (Å²) in [5.41, 5.74) is 1.66. The van der Waals surface area contributed by atoms with Crippen LogP contribution in [0.5, 0.6) is 5.75 Å². The van der Waals surface area contributed by atoms with Gasteiger partial charge in [-0.3, -0.25) is 4.79 Å². The minimum atomic E-state index is -0.518. The number of halogens is 2. The second-order valence-corrected chi connectivity index (χ2v) is 7.21. The molecule has 0 fully saturated rings. The first kappa shape index (κ1) is 22.0. The maximum absolute atomic E-state index is 12.0. The fourth-order valence-electron chi connectivity index (χ4n) is 2.42. The molecular weight excluding hydrogens is 403 g/mol. The highest BCUT2D eigenvalue weighted by Crippen LogP contribution is 2.31. The van der Waals surface area contributed by atoms with Crippen LogP contribution in [-0.4, -0.2) is 57.7 Å². The highest BCUT2D eigenvalue weighted by atomic mass is 35.5. The molecule has 0 aliphatic carbocycles. The molecule has 0 radical (unpaired) electrons. The number of nitrogens with one attached hydrogen (secondary N) is 1. The molecule has 0 saturated heterocycles. The van der Waals surface area contributed by atoms with Crippen LogP contribution in [0.3, 0.4) is 0 Å². The van der Waals surface area contributed by atoms with Crippen molar-refractivity contribution in [2.45, 2.75) is 0 Å². The molecule has 0 saturated carbocycles. The summed E-state index contributed by atoms with van der Waals surface area (Å²) in [7, 11) is 5.14. The molecule has 0 unspecified atom stereocenters. The Kier molecular flexibility index (Phi) is 8.11. The van der Waals surface area contributed by atoms with Gasteiger partial charge in [-0.2, -0.15) is 0 Å². The van der Waals surface area contributed by atoms with E-state index in [0.29, 0.717) is 39.0 Å². The zero-order chi connectivity index (χ0) is 20.7. The molecule has 1 N–H and O–H groups in total. The first-order chi connectivity index (χ1) is 13.3. The summed E-state index contributed by atoms with van der Waals surface area (Å²) in [4.78, 5) is 25.9. The summed E-state index contributed by atoms with van der Waals surface area (Å²) in [6, 6.07) is 9.95. The lowest BCUT2D eigenvalue weighted by molar-refractivity contribution is -0.123. The normalized spacial score (nSPS) is 10.6. The Labute approximate surface area is 174 Å². The fourth-order valence-corrected chi connectivity index (χ4v) is 2.95. The predicted molar refractivity (Wildman–Crippen MR) is 110 cm³/mol. The zero-order valence-electron chi connectivity index (χ0n) is 15.9. The quantitative estimate of drug-likeness (QED) is 0.656. The molecule has 28 heavy (non-hydrogen) atoms. The van der Waals surface area contributed by atoms with Gasteiger partial charge in [0.05, 0.1) is 12.7 Å². The maximum Gasteiger partial charge on any atom is 0.338 e. The van der Waals surface area contributed by atoms with Crippen LogP contribution in [0, 0.1) is 0 Å². The van der Waals surface area contributed by atoms with Crippen molar-refractivity contribution in [2.75, 3.05) is 40.9 Å². The number of nitrogens with zero attached hydrogens (tertiary/aromatic N) is 1. The van der Waals surface area contributed by atoms with Crippen molar-refractivity contribution in [3.8, 4) is 16.9 Å². The van der Waals surface area contributed by atoms with Crippen LogP contribution in [0.1, 0.15) is 10.4 Å². The average molecular weight is 425 g/mol. The fraction of sp³-hybridized carbons (Fsp3) is 0.300. The minimum Gasteiger partial charge on any atom is -0.484 e.